The van der Waals surface area contributed by atoms with Crippen LogP contribution in [0.25, 0.3) is 10.9 Å². The smallest absolute Gasteiger partial charge is 0.0965 e. The second kappa shape index (κ2) is 9.00. The second-order valence-corrected chi connectivity index (χ2v) is 9.15. The van der Waals surface area contributed by atoms with E-state index < -0.39 is 12.2 Å². The summed E-state index contributed by atoms with van der Waals surface area (Å²) in [5.74, 6) is 0. The standard InChI is InChI=1S/C28H31N3O2/c1-17-14-19(15-20-10-13-30-28-24(20)7-9-26(28)33)6-8-25(17)29-12-11-21-16-31-27-22(18(2)32)4-3-5-23(21)27/h3-6,8,10,13-14,16,18,26,29,31-33H,7,9,11-12,15H2,1-2H3. The van der Waals surface area contributed by atoms with Gasteiger partial charge in [0.1, 0.15) is 0 Å². The second-order valence-electron chi connectivity index (χ2n) is 9.15. The summed E-state index contributed by atoms with van der Waals surface area (Å²) in [6.07, 6.45) is 6.42. The third-order valence-electron chi connectivity index (χ3n) is 6.85. The number of benzene rings is 2. The average molecular weight is 442 g/mol. The average Bonchev–Trinajstić information content (AvgIpc) is 3.39. The Morgan fingerprint density at radius 2 is 2.06 bits per heavy atom. The van der Waals surface area contributed by atoms with Gasteiger partial charge in [0, 0.05) is 35.6 Å². The summed E-state index contributed by atoms with van der Waals surface area (Å²) >= 11 is 0. The highest BCUT2D eigenvalue weighted by atomic mass is 16.3. The topological polar surface area (TPSA) is 81.2 Å². The van der Waals surface area contributed by atoms with E-state index in [4.69, 9.17) is 0 Å². The van der Waals surface area contributed by atoms with E-state index in [1.54, 1.807) is 6.92 Å². The molecule has 1 aliphatic rings. The maximum Gasteiger partial charge on any atom is 0.0965 e. The van der Waals surface area contributed by atoms with E-state index >= 15 is 0 Å². The summed E-state index contributed by atoms with van der Waals surface area (Å²) in [4.78, 5) is 7.73. The molecule has 0 amide bonds. The first kappa shape index (κ1) is 21.7. The van der Waals surface area contributed by atoms with Gasteiger partial charge in [0.05, 0.1) is 23.4 Å². The largest absolute Gasteiger partial charge is 0.389 e. The molecule has 0 aliphatic heterocycles. The number of pyridine rings is 1. The summed E-state index contributed by atoms with van der Waals surface area (Å²) < 4.78 is 0. The molecule has 2 aromatic heterocycles. The van der Waals surface area contributed by atoms with Crippen molar-refractivity contribution in [1.82, 2.24) is 9.97 Å². The van der Waals surface area contributed by atoms with E-state index in [0.29, 0.717) is 0 Å². The monoisotopic (exact) mass is 441 g/mol. The van der Waals surface area contributed by atoms with Crippen molar-refractivity contribution in [3.63, 3.8) is 0 Å². The number of anilines is 1. The molecule has 0 saturated heterocycles. The van der Waals surface area contributed by atoms with E-state index in [0.717, 1.165) is 54.7 Å². The van der Waals surface area contributed by atoms with Gasteiger partial charge in [-0.05, 0) is 79.5 Å². The first-order valence-electron chi connectivity index (χ1n) is 11.8. The molecule has 0 fully saturated rings. The lowest BCUT2D eigenvalue weighted by molar-refractivity contribution is 0.176. The molecule has 0 spiro atoms. The van der Waals surface area contributed by atoms with Crippen molar-refractivity contribution in [2.75, 3.05) is 11.9 Å². The van der Waals surface area contributed by atoms with E-state index in [9.17, 15) is 10.2 Å². The molecule has 2 aromatic carbocycles. The number of aromatic nitrogens is 2. The normalized spacial score (nSPS) is 16.2. The predicted molar refractivity (Wildman–Crippen MR) is 133 cm³/mol. The Kier molecular flexibility index (Phi) is 5.92. The summed E-state index contributed by atoms with van der Waals surface area (Å²) in [6, 6.07) is 14.8. The minimum atomic E-state index is -0.488. The van der Waals surface area contributed by atoms with Gasteiger partial charge in [0.2, 0.25) is 0 Å². The van der Waals surface area contributed by atoms with Gasteiger partial charge >= 0.3 is 0 Å². The van der Waals surface area contributed by atoms with Gasteiger partial charge in [-0.25, -0.2) is 0 Å². The number of rotatable bonds is 7. The maximum atomic E-state index is 10.1. The van der Waals surface area contributed by atoms with Crippen molar-refractivity contribution in [2.45, 2.75) is 51.7 Å². The Morgan fingerprint density at radius 1 is 1.18 bits per heavy atom. The van der Waals surface area contributed by atoms with Crippen LogP contribution in [0.3, 0.4) is 0 Å². The van der Waals surface area contributed by atoms with Crippen LogP contribution in [0.15, 0.2) is 54.9 Å². The van der Waals surface area contributed by atoms with E-state index in [1.165, 1.54) is 33.2 Å². The van der Waals surface area contributed by atoms with Crippen LogP contribution >= 0.6 is 0 Å². The van der Waals surface area contributed by atoms with Crippen LogP contribution in [0, 0.1) is 6.92 Å². The van der Waals surface area contributed by atoms with E-state index in [-0.39, 0.29) is 0 Å². The van der Waals surface area contributed by atoms with Gasteiger partial charge in [-0.15, -0.1) is 0 Å². The summed E-state index contributed by atoms with van der Waals surface area (Å²) in [5, 5.41) is 24.9. The molecule has 0 saturated carbocycles. The molecular weight excluding hydrogens is 410 g/mol. The number of H-pyrrole nitrogens is 1. The van der Waals surface area contributed by atoms with Crippen LogP contribution in [-0.4, -0.2) is 26.7 Å². The number of nitrogens with one attached hydrogen (secondary N) is 2. The summed E-state index contributed by atoms with van der Waals surface area (Å²) in [5.41, 5.74) is 10.2. The minimum Gasteiger partial charge on any atom is -0.389 e. The highest BCUT2D eigenvalue weighted by Crippen LogP contribution is 2.32. The molecule has 33 heavy (non-hydrogen) atoms. The molecular formula is C28H31N3O2. The van der Waals surface area contributed by atoms with Crippen LogP contribution in [-0.2, 0) is 19.3 Å². The first-order chi connectivity index (χ1) is 16.0. The lowest BCUT2D eigenvalue weighted by Crippen LogP contribution is -2.06. The third-order valence-corrected chi connectivity index (χ3v) is 6.85. The Bertz CT molecular complexity index is 1290. The van der Waals surface area contributed by atoms with E-state index in [1.807, 2.05) is 18.3 Å². The van der Waals surface area contributed by atoms with Gasteiger partial charge in [0.15, 0.2) is 0 Å². The van der Waals surface area contributed by atoms with Crippen molar-refractivity contribution in [3.8, 4) is 0 Å². The van der Waals surface area contributed by atoms with Crippen molar-refractivity contribution < 1.29 is 10.2 Å². The number of fused-ring (bicyclic) bond motifs is 2. The van der Waals surface area contributed by atoms with Gasteiger partial charge in [0.25, 0.3) is 0 Å². The quantitative estimate of drug-likeness (QED) is 0.320. The van der Waals surface area contributed by atoms with Crippen molar-refractivity contribution in [2.24, 2.45) is 0 Å². The summed E-state index contributed by atoms with van der Waals surface area (Å²) in [7, 11) is 0. The Labute approximate surface area is 194 Å². The van der Waals surface area contributed by atoms with Crippen LogP contribution in [0.5, 0.6) is 0 Å². The highest BCUT2D eigenvalue weighted by Gasteiger charge is 2.24. The Hall–Kier alpha value is -3.15. The fourth-order valence-corrected chi connectivity index (χ4v) is 5.09. The Balaban J connectivity index is 1.25. The van der Waals surface area contributed by atoms with E-state index in [2.05, 4.69) is 58.7 Å². The number of aromatic amines is 1. The molecule has 4 N–H and O–H groups in total. The zero-order chi connectivity index (χ0) is 22.9. The number of para-hydroxylation sites is 1. The van der Waals surface area contributed by atoms with Gasteiger partial charge in [-0.2, -0.15) is 0 Å². The van der Waals surface area contributed by atoms with Crippen molar-refractivity contribution >= 4 is 16.6 Å². The maximum absolute atomic E-state index is 10.1. The third kappa shape index (κ3) is 4.26. The van der Waals surface area contributed by atoms with Crippen LogP contribution < -0.4 is 5.32 Å². The zero-order valence-electron chi connectivity index (χ0n) is 19.2. The molecule has 2 unspecified atom stereocenters. The lowest BCUT2D eigenvalue weighted by atomic mass is 9.98. The van der Waals surface area contributed by atoms with Crippen LogP contribution in [0.4, 0.5) is 5.69 Å². The molecule has 5 rings (SSSR count). The minimum absolute atomic E-state index is 0.413. The Morgan fingerprint density at radius 3 is 2.88 bits per heavy atom. The molecule has 5 heteroatoms. The molecule has 2 atom stereocenters. The van der Waals surface area contributed by atoms with Crippen molar-refractivity contribution in [3.05, 3.63) is 93.9 Å². The number of hydrogen-bond donors (Lipinski definition) is 4. The number of aryl methyl sites for hydroxylation is 1. The van der Waals surface area contributed by atoms with Gasteiger partial charge in [-0.1, -0.05) is 30.3 Å². The highest BCUT2D eigenvalue weighted by molar-refractivity contribution is 5.86. The van der Waals surface area contributed by atoms with Gasteiger partial charge < -0.3 is 20.5 Å². The number of aliphatic hydroxyl groups excluding tert-OH is 2. The van der Waals surface area contributed by atoms with Crippen molar-refractivity contribution in [1.29, 1.82) is 0 Å². The fourth-order valence-electron chi connectivity index (χ4n) is 5.09. The zero-order valence-corrected chi connectivity index (χ0v) is 19.2. The molecule has 170 valence electrons. The van der Waals surface area contributed by atoms with Gasteiger partial charge in [-0.3, -0.25) is 4.98 Å². The lowest BCUT2D eigenvalue weighted by Gasteiger charge is -2.13. The molecule has 1 aliphatic carbocycles. The molecule has 2 heterocycles. The molecule has 0 bridgehead atoms. The SMILES string of the molecule is Cc1cc(Cc2ccnc3c2CCC3O)ccc1NCCc1c[nH]c2c(C(C)O)cccc12. The first-order valence-corrected chi connectivity index (χ1v) is 11.8. The summed E-state index contributed by atoms with van der Waals surface area (Å²) in [6.45, 7) is 4.78. The fraction of sp³-hybridized carbons (Fsp3) is 0.321. The predicted octanol–water partition coefficient (Wildman–Crippen LogP) is 5.15. The van der Waals surface area contributed by atoms with Crippen LogP contribution in [0.2, 0.25) is 0 Å². The molecule has 5 nitrogen and oxygen atoms in total. The number of hydrogen-bond acceptors (Lipinski definition) is 4. The van der Waals surface area contributed by atoms with Crippen LogP contribution in [0.1, 0.15) is 64.6 Å². The molecule has 4 aromatic rings. The number of nitrogens with zero attached hydrogens (tertiary/aromatic N) is 1. The molecule has 0 radical (unpaired) electrons. The number of aliphatic hydroxyl groups is 2.